The molecule has 0 saturated heterocycles. The van der Waals surface area contributed by atoms with Gasteiger partial charge in [0.15, 0.2) is 0 Å². The molecule has 0 fully saturated rings. The van der Waals surface area contributed by atoms with E-state index < -0.39 is 0 Å². The van der Waals surface area contributed by atoms with Crippen LogP contribution in [-0.2, 0) is 4.79 Å². The first-order chi connectivity index (χ1) is 16.2. The van der Waals surface area contributed by atoms with Crippen LogP contribution in [0.1, 0.15) is 29.0 Å². The molecule has 33 heavy (non-hydrogen) atoms. The quantitative estimate of drug-likeness (QED) is 0.179. The average molecular weight is 436 g/mol. The summed E-state index contributed by atoms with van der Waals surface area (Å²) in [4.78, 5) is 17.2. The van der Waals surface area contributed by atoms with Gasteiger partial charge in [-0.15, -0.1) is 0 Å². The number of hydrogen-bond acceptors (Lipinski definition) is 4. The molecule has 0 N–H and O–H groups in total. The van der Waals surface area contributed by atoms with Crippen molar-refractivity contribution in [1.29, 1.82) is 0 Å². The molecule has 0 spiro atoms. The van der Waals surface area contributed by atoms with Crippen LogP contribution in [-0.4, -0.2) is 19.3 Å². The first-order valence-electron chi connectivity index (χ1n) is 10.8. The second-order valence-corrected chi connectivity index (χ2v) is 7.58. The monoisotopic (exact) mass is 435 g/mol. The van der Waals surface area contributed by atoms with Crippen molar-refractivity contribution in [3.63, 3.8) is 0 Å². The van der Waals surface area contributed by atoms with Gasteiger partial charge in [-0.2, -0.15) is 0 Å². The molecule has 4 aromatic carbocycles. The molecule has 0 aliphatic rings. The van der Waals surface area contributed by atoms with Gasteiger partial charge in [-0.3, -0.25) is 9.79 Å². The molecule has 4 rings (SSSR count). The first-order valence-corrected chi connectivity index (χ1v) is 10.8. The van der Waals surface area contributed by atoms with Gasteiger partial charge in [0, 0.05) is 12.1 Å². The van der Waals surface area contributed by atoms with Crippen LogP contribution in [0.15, 0.2) is 114 Å². The van der Waals surface area contributed by atoms with Gasteiger partial charge in [0.2, 0.25) is 0 Å². The fourth-order valence-corrected chi connectivity index (χ4v) is 3.58. The molecule has 0 unspecified atom stereocenters. The molecular formula is C29H25NO3. The normalized spacial score (nSPS) is 11.0. The predicted molar refractivity (Wildman–Crippen MR) is 132 cm³/mol. The number of carbonyl (C=O) groups excluding carboxylic acids is 1. The van der Waals surface area contributed by atoms with E-state index in [0.29, 0.717) is 5.75 Å². The lowest BCUT2D eigenvalue weighted by Crippen LogP contribution is -2.14. The van der Waals surface area contributed by atoms with Crippen molar-refractivity contribution in [2.75, 3.05) is 7.11 Å². The van der Waals surface area contributed by atoms with Crippen molar-refractivity contribution in [1.82, 2.24) is 0 Å². The van der Waals surface area contributed by atoms with E-state index in [4.69, 9.17) is 9.47 Å². The highest BCUT2D eigenvalue weighted by molar-refractivity contribution is 5.82. The highest BCUT2D eigenvalue weighted by Crippen LogP contribution is 2.28. The molecule has 0 amide bonds. The van der Waals surface area contributed by atoms with Crippen molar-refractivity contribution in [2.24, 2.45) is 4.99 Å². The number of methoxy groups -OCH3 is 1. The highest BCUT2D eigenvalue weighted by atomic mass is 16.5. The predicted octanol–water partition coefficient (Wildman–Crippen LogP) is 6.57. The molecule has 4 nitrogen and oxygen atoms in total. The van der Waals surface area contributed by atoms with Crippen LogP contribution in [0.25, 0.3) is 0 Å². The lowest BCUT2D eigenvalue weighted by atomic mass is 9.89. The fourth-order valence-electron chi connectivity index (χ4n) is 3.58. The summed E-state index contributed by atoms with van der Waals surface area (Å²) in [6, 6.07) is 34.9. The molecule has 0 aliphatic heterocycles. The Hall–Kier alpha value is -4.18. The Bertz CT molecular complexity index is 1150. The van der Waals surface area contributed by atoms with Gasteiger partial charge >= 0.3 is 5.97 Å². The molecular weight excluding hydrogens is 410 g/mol. The van der Waals surface area contributed by atoms with Crippen molar-refractivity contribution >= 4 is 17.9 Å². The number of ether oxygens (including phenoxy) is 2. The molecule has 0 atom stereocenters. The van der Waals surface area contributed by atoms with Crippen LogP contribution < -0.4 is 9.47 Å². The topological polar surface area (TPSA) is 47.9 Å². The summed E-state index contributed by atoms with van der Waals surface area (Å²) in [5.74, 6) is 0.978. The van der Waals surface area contributed by atoms with E-state index in [2.05, 4.69) is 4.99 Å². The van der Waals surface area contributed by atoms with Crippen LogP contribution >= 0.6 is 0 Å². The van der Waals surface area contributed by atoms with E-state index in [0.717, 1.165) is 28.1 Å². The zero-order chi connectivity index (χ0) is 22.9. The maximum Gasteiger partial charge on any atom is 0.312 e. The van der Waals surface area contributed by atoms with Crippen LogP contribution in [0.4, 0.5) is 5.69 Å². The second kappa shape index (κ2) is 10.9. The Kier molecular flexibility index (Phi) is 7.29. The van der Waals surface area contributed by atoms with Crippen LogP contribution in [0.3, 0.4) is 0 Å². The zero-order valence-corrected chi connectivity index (χ0v) is 18.4. The van der Waals surface area contributed by atoms with Crippen LogP contribution in [0.2, 0.25) is 0 Å². The molecule has 4 heteroatoms. The van der Waals surface area contributed by atoms with Gasteiger partial charge in [0.05, 0.1) is 19.2 Å². The Morgan fingerprint density at radius 1 is 0.758 bits per heavy atom. The fraction of sp³-hybridized carbons (Fsp3) is 0.103. The van der Waals surface area contributed by atoms with Gasteiger partial charge in [0.25, 0.3) is 0 Å². The zero-order valence-electron chi connectivity index (χ0n) is 18.4. The van der Waals surface area contributed by atoms with E-state index in [1.807, 2.05) is 97.1 Å². The summed E-state index contributed by atoms with van der Waals surface area (Å²) < 4.78 is 10.8. The summed E-state index contributed by atoms with van der Waals surface area (Å²) in [6.45, 7) is 0. The molecule has 0 bridgehead atoms. The Labute approximate surface area is 194 Å². The van der Waals surface area contributed by atoms with Crippen molar-refractivity contribution in [2.45, 2.75) is 12.3 Å². The lowest BCUT2D eigenvalue weighted by molar-refractivity contribution is -0.134. The summed E-state index contributed by atoms with van der Waals surface area (Å²) in [7, 11) is 1.64. The Balaban J connectivity index is 1.40. The number of carbonyl (C=O) groups is 1. The van der Waals surface area contributed by atoms with E-state index in [-0.39, 0.29) is 18.3 Å². The van der Waals surface area contributed by atoms with Crippen molar-refractivity contribution < 1.29 is 14.3 Å². The molecule has 0 aliphatic carbocycles. The van der Waals surface area contributed by atoms with Gasteiger partial charge < -0.3 is 9.47 Å². The number of aliphatic imine (C=N–C) groups is 1. The molecule has 0 aromatic heterocycles. The molecule has 0 heterocycles. The lowest BCUT2D eigenvalue weighted by Gasteiger charge is -2.17. The minimum absolute atomic E-state index is 0.0594. The summed E-state index contributed by atoms with van der Waals surface area (Å²) in [5, 5.41) is 0. The number of benzene rings is 4. The minimum atomic E-state index is -0.271. The third-order valence-electron chi connectivity index (χ3n) is 5.32. The van der Waals surface area contributed by atoms with E-state index in [1.165, 1.54) is 0 Å². The molecule has 0 saturated carbocycles. The van der Waals surface area contributed by atoms with E-state index >= 15 is 0 Å². The summed E-state index contributed by atoms with van der Waals surface area (Å²) in [5.41, 5.74) is 3.92. The average Bonchev–Trinajstić information content (AvgIpc) is 2.88. The number of nitrogens with zero attached hydrogens (tertiary/aromatic N) is 1. The highest BCUT2D eigenvalue weighted by Gasteiger charge is 2.19. The number of esters is 1. The SMILES string of the molecule is COc1ccc(N=Cc2ccc(OC(=O)CC(c3ccccc3)c3ccccc3)cc2)cc1. The third-order valence-corrected chi connectivity index (χ3v) is 5.32. The maximum atomic E-state index is 12.8. The standard InChI is InChI=1S/C29H25NO3/c1-32-26-18-14-25(15-19-26)30-21-22-12-16-27(17-13-22)33-29(31)20-28(23-8-4-2-5-9-23)24-10-6-3-7-11-24/h2-19,21,28H,20H2,1H3. The van der Waals surface area contributed by atoms with E-state index in [9.17, 15) is 4.79 Å². The third kappa shape index (κ3) is 6.17. The molecule has 0 radical (unpaired) electrons. The maximum absolute atomic E-state index is 12.8. The van der Waals surface area contributed by atoms with Crippen LogP contribution in [0, 0.1) is 0 Å². The second-order valence-electron chi connectivity index (χ2n) is 7.58. The van der Waals surface area contributed by atoms with Crippen molar-refractivity contribution in [3.05, 3.63) is 126 Å². The Morgan fingerprint density at radius 2 is 1.30 bits per heavy atom. The van der Waals surface area contributed by atoms with Gasteiger partial charge in [-0.1, -0.05) is 60.7 Å². The molecule has 164 valence electrons. The van der Waals surface area contributed by atoms with E-state index in [1.54, 1.807) is 25.5 Å². The van der Waals surface area contributed by atoms with Crippen molar-refractivity contribution in [3.8, 4) is 11.5 Å². The molecule has 4 aromatic rings. The van der Waals surface area contributed by atoms with Gasteiger partial charge in [0.1, 0.15) is 11.5 Å². The number of hydrogen-bond donors (Lipinski definition) is 0. The Morgan fingerprint density at radius 3 is 1.85 bits per heavy atom. The largest absolute Gasteiger partial charge is 0.497 e. The van der Waals surface area contributed by atoms with Gasteiger partial charge in [-0.25, -0.2) is 0 Å². The van der Waals surface area contributed by atoms with Gasteiger partial charge in [-0.05, 0) is 65.2 Å². The summed E-state index contributed by atoms with van der Waals surface area (Å²) in [6.07, 6.45) is 2.03. The minimum Gasteiger partial charge on any atom is -0.497 e. The summed E-state index contributed by atoms with van der Waals surface area (Å²) >= 11 is 0. The first kappa shape index (κ1) is 22.0. The smallest absolute Gasteiger partial charge is 0.312 e. The number of rotatable bonds is 8. The van der Waals surface area contributed by atoms with Crippen LogP contribution in [0.5, 0.6) is 11.5 Å².